The van der Waals surface area contributed by atoms with Gasteiger partial charge in [-0.05, 0) is 24.5 Å². The summed E-state index contributed by atoms with van der Waals surface area (Å²) in [5, 5.41) is 0. The highest BCUT2D eigenvalue weighted by Crippen LogP contribution is 2.19. The predicted molar refractivity (Wildman–Crippen MR) is 58.0 cm³/mol. The minimum Gasteiger partial charge on any atom is -0.381 e. The lowest BCUT2D eigenvalue weighted by atomic mass is 9.94. The van der Waals surface area contributed by atoms with E-state index in [2.05, 4.69) is 16.5 Å². The van der Waals surface area contributed by atoms with Gasteiger partial charge >= 0.3 is 0 Å². The minimum atomic E-state index is 0.289. The molecule has 1 aliphatic rings. The lowest BCUT2D eigenvalue weighted by Gasteiger charge is -2.21. The Balaban J connectivity index is 1.96. The molecule has 2 rings (SSSR count). The zero-order chi connectivity index (χ0) is 10.5. The van der Waals surface area contributed by atoms with Crippen molar-refractivity contribution in [2.24, 2.45) is 11.8 Å². The molecule has 2 unspecified atom stereocenters. The van der Waals surface area contributed by atoms with Crippen molar-refractivity contribution in [2.75, 3.05) is 13.2 Å². The number of pyridine rings is 1. The van der Waals surface area contributed by atoms with Gasteiger partial charge in [-0.25, -0.2) is 0 Å². The van der Waals surface area contributed by atoms with E-state index in [4.69, 9.17) is 10.6 Å². The van der Waals surface area contributed by atoms with E-state index in [-0.39, 0.29) is 6.04 Å². The average molecular weight is 207 g/mol. The van der Waals surface area contributed by atoms with Crippen molar-refractivity contribution in [2.45, 2.75) is 18.9 Å². The van der Waals surface area contributed by atoms with E-state index in [1.807, 2.05) is 12.3 Å². The molecule has 1 aromatic heterocycles. The zero-order valence-electron chi connectivity index (χ0n) is 8.73. The second kappa shape index (κ2) is 5.21. The summed E-state index contributed by atoms with van der Waals surface area (Å²) in [6.07, 6.45) is 5.68. The second-order valence-corrected chi connectivity index (χ2v) is 3.96. The van der Waals surface area contributed by atoms with Crippen molar-refractivity contribution < 1.29 is 4.74 Å². The fourth-order valence-electron chi connectivity index (χ4n) is 2.00. The number of nitrogens with one attached hydrogen (secondary N) is 1. The highest BCUT2D eigenvalue weighted by atomic mass is 16.5. The fraction of sp³-hybridized carbons (Fsp3) is 0.545. The molecule has 4 heteroatoms. The van der Waals surface area contributed by atoms with Gasteiger partial charge in [0.25, 0.3) is 0 Å². The number of aromatic nitrogens is 1. The molecule has 4 nitrogen and oxygen atoms in total. The molecule has 0 radical (unpaired) electrons. The molecule has 1 saturated heterocycles. The Labute approximate surface area is 89.8 Å². The highest BCUT2D eigenvalue weighted by Gasteiger charge is 2.24. The van der Waals surface area contributed by atoms with Crippen molar-refractivity contribution >= 4 is 0 Å². The summed E-state index contributed by atoms with van der Waals surface area (Å²) >= 11 is 0. The third kappa shape index (κ3) is 2.75. The minimum absolute atomic E-state index is 0.289. The summed E-state index contributed by atoms with van der Waals surface area (Å²) in [7, 11) is 0. The lowest BCUT2D eigenvalue weighted by molar-refractivity contribution is 0.176. The topological polar surface area (TPSA) is 60.2 Å². The number of hydrogen-bond donors (Lipinski definition) is 2. The quantitative estimate of drug-likeness (QED) is 0.557. The van der Waals surface area contributed by atoms with E-state index in [0.29, 0.717) is 5.92 Å². The van der Waals surface area contributed by atoms with E-state index in [9.17, 15) is 0 Å². The van der Waals surface area contributed by atoms with Gasteiger partial charge in [0.2, 0.25) is 0 Å². The summed E-state index contributed by atoms with van der Waals surface area (Å²) in [6.45, 7) is 1.67. The molecule has 15 heavy (non-hydrogen) atoms. The first-order valence-electron chi connectivity index (χ1n) is 5.33. The van der Waals surface area contributed by atoms with Crippen LogP contribution in [0.4, 0.5) is 0 Å². The molecule has 1 fully saturated rings. The molecule has 0 aromatic carbocycles. The normalized spacial score (nSPS) is 22.9. The maximum absolute atomic E-state index is 5.57. The van der Waals surface area contributed by atoms with E-state index >= 15 is 0 Å². The van der Waals surface area contributed by atoms with Crippen molar-refractivity contribution in [3.8, 4) is 0 Å². The van der Waals surface area contributed by atoms with Crippen LogP contribution in [0.3, 0.4) is 0 Å². The monoisotopic (exact) mass is 207 g/mol. The van der Waals surface area contributed by atoms with Crippen LogP contribution >= 0.6 is 0 Å². The van der Waals surface area contributed by atoms with Crippen LogP contribution in [-0.4, -0.2) is 24.2 Å². The molecule has 0 amide bonds. The molecule has 0 spiro atoms. The van der Waals surface area contributed by atoms with Crippen molar-refractivity contribution in [3.63, 3.8) is 0 Å². The molecular formula is C11H17N3O. The van der Waals surface area contributed by atoms with Gasteiger partial charge in [0, 0.05) is 31.0 Å². The number of hydrogen-bond acceptors (Lipinski definition) is 4. The van der Waals surface area contributed by atoms with Crippen molar-refractivity contribution in [3.05, 3.63) is 30.1 Å². The first-order chi connectivity index (χ1) is 7.40. The van der Waals surface area contributed by atoms with Gasteiger partial charge in [-0.3, -0.25) is 16.3 Å². The Morgan fingerprint density at radius 3 is 3.20 bits per heavy atom. The third-order valence-electron chi connectivity index (χ3n) is 2.93. The summed E-state index contributed by atoms with van der Waals surface area (Å²) in [6, 6.07) is 4.32. The maximum Gasteiger partial charge on any atom is 0.0510 e. The Kier molecular flexibility index (Phi) is 3.66. The van der Waals surface area contributed by atoms with Crippen LogP contribution in [0, 0.1) is 5.92 Å². The molecule has 3 N–H and O–H groups in total. The SMILES string of the molecule is NNC(Cc1cccnc1)C1CCOC1. The molecule has 2 atom stereocenters. The number of nitrogens with two attached hydrogens (primary N) is 1. The van der Waals surface area contributed by atoms with E-state index in [0.717, 1.165) is 26.1 Å². The van der Waals surface area contributed by atoms with Crippen LogP contribution in [-0.2, 0) is 11.2 Å². The molecular weight excluding hydrogens is 190 g/mol. The van der Waals surface area contributed by atoms with Gasteiger partial charge in [0.05, 0.1) is 6.61 Å². The summed E-state index contributed by atoms with van der Waals surface area (Å²) in [5.41, 5.74) is 4.10. The summed E-state index contributed by atoms with van der Waals surface area (Å²) in [5.74, 6) is 6.10. The third-order valence-corrected chi connectivity index (χ3v) is 2.93. The van der Waals surface area contributed by atoms with Crippen LogP contribution < -0.4 is 11.3 Å². The van der Waals surface area contributed by atoms with Crippen LogP contribution in [0.1, 0.15) is 12.0 Å². The fourth-order valence-corrected chi connectivity index (χ4v) is 2.00. The molecule has 0 bridgehead atoms. The van der Waals surface area contributed by atoms with Gasteiger partial charge in [-0.15, -0.1) is 0 Å². The van der Waals surface area contributed by atoms with Gasteiger partial charge < -0.3 is 4.74 Å². The Bertz CT molecular complexity index is 285. The van der Waals surface area contributed by atoms with E-state index < -0.39 is 0 Å². The van der Waals surface area contributed by atoms with Crippen LogP contribution in [0.2, 0.25) is 0 Å². The highest BCUT2D eigenvalue weighted by molar-refractivity contribution is 5.10. The lowest BCUT2D eigenvalue weighted by Crippen LogP contribution is -2.42. The molecule has 1 aliphatic heterocycles. The van der Waals surface area contributed by atoms with Gasteiger partial charge in [-0.1, -0.05) is 6.07 Å². The maximum atomic E-state index is 5.57. The van der Waals surface area contributed by atoms with Crippen molar-refractivity contribution in [1.29, 1.82) is 0 Å². The van der Waals surface area contributed by atoms with E-state index in [1.54, 1.807) is 6.20 Å². The van der Waals surface area contributed by atoms with Gasteiger partial charge in [-0.2, -0.15) is 0 Å². The van der Waals surface area contributed by atoms with Gasteiger partial charge in [0.1, 0.15) is 0 Å². The molecule has 0 aliphatic carbocycles. The Hall–Kier alpha value is -0.970. The standard InChI is InChI=1S/C11H17N3O/c12-14-11(10-3-5-15-8-10)6-9-2-1-4-13-7-9/h1-2,4,7,10-11,14H,3,5-6,8,12H2. The smallest absolute Gasteiger partial charge is 0.0510 e. The number of rotatable bonds is 4. The van der Waals surface area contributed by atoms with Crippen LogP contribution in [0.5, 0.6) is 0 Å². The number of hydrazine groups is 1. The molecule has 0 saturated carbocycles. The average Bonchev–Trinajstić information content (AvgIpc) is 2.81. The number of ether oxygens (including phenoxy) is 1. The largest absolute Gasteiger partial charge is 0.381 e. The van der Waals surface area contributed by atoms with Crippen molar-refractivity contribution in [1.82, 2.24) is 10.4 Å². The Morgan fingerprint density at radius 1 is 1.67 bits per heavy atom. The second-order valence-electron chi connectivity index (χ2n) is 3.96. The van der Waals surface area contributed by atoms with Gasteiger partial charge in [0.15, 0.2) is 0 Å². The summed E-state index contributed by atoms with van der Waals surface area (Å²) < 4.78 is 5.37. The molecule has 82 valence electrons. The summed E-state index contributed by atoms with van der Waals surface area (Å²) in [4.78, 5) is 4.10. The molecule has 2 heterocycles. The first kappa shape index (κ1) is 10.5. The predicted octanol–water partition coefficient (Wildman–Crippen LogP) is 0.492. The Morgan fingerprint density at radius 2 is 2.60 bits per heavy atom. The first-order valence-corrected chi connectivity index (χ1v) is 5.33. The van der Waals surface area contributed by atoms with Crippen LogP contribution in [0.25, 0.3) is 0 Å². The van der Waals surface area contributed by atoms with E-state index in [1.165, 1.54) is 5.56 Å². The van der Waals surface area contributed by atoms with Crippen LogP contribution in [0.15, 0.2) is 24.5 Å². The zero-order valence-corrected chi connectivity index (χ0v) is 8.73. The molecule has 1 aromatic rings. The number of nitrogens with zero attached hydrogens (tertiary/aromatic N) is 1.